The molecule has 3 heteroatoms. The number of esters is 1. The maximum atomic E-state index is 11.0. The number of carbonyl (C=O) groups excluding carboxylic acids is 1. The van der Waals surface area contributed by atoms with Gasteiger partial charge in [-0.2, -0.15) is 11.8 Å². The van der Waals surface area contributed by atoms with Crippen LogP contribution in [0.4, 0.5) is 0 Å². The molecule has 0 N–H and O–H groups in total. The van der Waals surface area contributed by atoms with Crippen molar-refractivity contribution in [2.45, 2.75) is 12.7 Å². The molecule has 16 heavy (non-hydrogen) atoms. The second-order valence-electron chi connectivity index (χ2n) is 3.45. The zero-order valence-corrected chi connectivity index (χ0v) is 10.3. The molecule has 1 aromatic rings. The molecule has 0 aromatic heterocycles. The van der Waals surface area contributed by atoms with E-state index in [2.05, 4.69) is 18.7 Å². The smallest absolute Gasteiger partial charge is 0.333 e. The first-order valence-electron chi connectivity index (χ1n) is 5.14. The lowest BCUT2D eigenvalue weighted by Gasteiger charge is -2.04. The van der Waals surface area contributed by atoms with Gasteiger partial charge in [-0.1, -0.05) is 36.9 Å². The molecule has 0 atom stereocenters. The minimum Gasteiger partial charge on any atom is -0.461 e. The van der Waals surface area contributed by atoms with Crippen LogP contribution in [0.1, 0.15) is 12.5 Å². The molecule has 0 amide bonds. The van der Waals surface area contributed by atoms with Crippen LogP contribution in [0.2, 0.25) is 0 Å². The molecule has 0 bridgehead atoms. The second kappa shape index (κ2) is 7.12. The highest BCUT2D eigenvalue weighted by molar-refractivity contribution is 7.98. The van der Waals surface area contributed by atoms with Gasteiger partial charge in [0.25, 0.3) is 0 Å². The fourth-order valence-corrected chi connectivity index (χ4v) is 1.85. The first-order valence-corrected chi connectivity index (χ1v) is 6.30. The molecule has 0 heterocycles. The van der Waals surface area contributed by atoms with Crippen LogP contribution >= 0.6 is 11.8 Å². The molecule has 0 aliphatic heterocycles. The van der Waals surface area contributed by atoms with Crippen LogP contribution in [-0.2, 0) is 15.3 Å². The third-order valence-electron chi connectivity index (χ3n) is 1.92. The summed E-state index contributed by atoms with van der Waals surface area (Å²) in [5, 5.41) is 0. The van der Waals surface area contributed by atoms with Gasteiger partial charge in [0.05, 0.1) is 0 Å². The molecule has 86 valence electrons. The minimum absolute atomic E-state index is 0.305. The number of hydrogen-bond donors (Lipinski definition) is 0. The minimum atomic E-state index is -0.305. The Morgan fingerprint density at radius 2 is 2.06 bits per heavy atom. The number of rotatable bonds is 6. The summed E-state index contributed by atoms with van der Waals surface area (Å²) in [6, 6.07) is 10.2. The SMILES string of the molecule is C=C(C)C(=O)OCCSCc1ccccc1. The van der Waals surface area contributed by atoms with Gasteiger partial charge in [0.1, 0.15) is 6.61 Å². The fourth-order valence-electron chi connectivity index (χ4n) is 1.08. The van der Waals surface area contributed by atoms with Gasteiger partial charge >= 0.3 is 5.97 Å². The number of benzene rings is 1. The predicted molar refractivity (Wildman–Crippen MR) is 68.4 cm³/mol. The highest BCUT2D eigenvalue weighted by Crippen LogP contribution is 2.11. The molecule has 1 aromatic carbocycles. The second-order valence-corrected chi connectivity index (χ2v) is 4.56. The highest BCUT2D eigenvalue weighted by Gasteiger charge is 2.01. The molecule has 0 fully saturated rings. The van der Waals surface area contributed by atoms with Crippen molar-refractivity contribution in [1.82, 2.24) is 0 Å². The number of thioether (sulfide) groups is 1. The van der Waals surface area contributed by atoms with Gasteiger partial charge in [0.15, 0.2) is 0 Å². The van der Waals surface area contributed by atoms with Crippen LogP contribution < -0.4 is 0 Å². The van der Waals surface area contributed by atoms with Gasteiger partial charge in [0.2, 0.25) is 0 Å². The van der Waals surface area contributed by atoms with Crippen LogP contribution in [-0.4, -0.2) is 18.3 Å². The molecule has 0 radical (unpaired) electrons. The van der Waals surface area contributed by atoms with E-state index in [9.17, 15) is 4.79 Å². The van der Waals surface area contributed by atoms with Gasteiger partial charge in [0, 0.05) is 17.1 Å². The van der Waals surface area contributed by atoms with Crippen LogP contribution in [0.5, 0.6) is 0 Å². The van der Waals surface area contributed by atoms with Crippen molar-refractivity contribution in [3.63, 3.8) is 0 Å². The molecular formula is C13H16O2S. The lowest BCUT2D eigenvalue weighted by molar-refractivity contribution is -0.138. The van der Waals surface area contributed by atoms with Crippen molar-refractivity contribution in [2.24, 2.45) is 0 Å². The quantitative estimate of drug-likeness (QED) is 0.431. The summed E-state index contributed by atoms with van der Waals surface area (Å²) in [6.07, 6.45) is 0. The van der Waals surface area contributed by atoms with E-state index in [1.54, 1.807) is 18.7 Å². The Bertz CT molecular complexity index is 346. The van der Waals surface area contributed by atoms with E-state index in [0.29, 0.717) is 12.2 Å². The van der Waals surface area contributed by atoms with Crippen LogP contribution in [0.25, 0.3) is 0 Å². The Morgan fingerprint density at radius 1 is 1.38 bits per heavy atom. The van der Waals surface area contributed by atoms with Gasteiger partial charge in [-0.25, -0.2) is 4.79 Å². The molecule has 2 nitrogen and oxygen atoms in total. The summed E-state index contributed by atoms with van der Waals surface area (Å²) in [6.45, 7) is 5.62. The highest BCUT2D eigenvalue weighted by atomic mass is 32.2. The predicted octanol–water partition coefficient (Wildman–Crippen LogP) is 3.04. The molecule has 0 unspecified atom stereocenters. The third-order valence-corrected chi connectivity index (χ3v) is 2.91. The van der Waals surface area contributed by atoms with E-state index >= 15 is 0 Å². The topological polar surface area (TPSA) is 26.3 Å². The molecule has 1 rings (SSSR count). The van der Waals surface area contributed by atoms with Gasteiger partial charge in [-0.3, -0.25) is 0 Å². The van der Waals surface area contributed by atoms with Gasteiger partial charge in [-0.05, 0) is 12.5 Å². The third kappa shape index (κ3) is 5.03. The Kier molecular flexibility index (Phi) is 5.72. The number of carbonyl (C=O) groups is 1. The summed E-state index contributed by atoms with van der Waals surface area (Å²) >= 11 is 1.75. The average Bonchev–Trinajstić information content (AvgIpc) is 2.29. The van der Waals surface area contributed by atoms with Crippen molar-refractivity contribution in [3.8, 4) is 0 Å². The molecule has 0 aliphatic carbocycles. The van der Waals surface area contributed by atoms with Gasteiger partial charge in [-0.15, -0.1) is 0 Å². The normalized spacial score (nSPS) is 9.81. The maximum Gasteiger partial charge on any atom is 0.333 e. The Labute approximate surface area is 101 Å². The summed E-state index contributed by atoms with van der Waals surface area (Å²) in [4.78, 5) is 11.0. The van der Waals surface area contributed by atoms with E-state index < -0.39 is 0 Å². The Hall–Kier alpha value is -1.22. The molecule has 0 spiro atoms. The zero-order valence-electron chi connectivity index (χ0n) is 9.44. The van der Waals surface area contributed by atoms with Crippen LogP contribution in [0.15, 0.2) is 42.5 Å². The standard InChI is InChI=1S/C13H16O2S/c1-11(2)13(14)15-8-9-16-10-12-6-4-3-5-7-12/h3-7H,1,8-10H2,2H3. The fraction of sp³-hybridized carbons (Fsp3) is 0.308. The van der Waals surface area contributed by atoms with Crippen molar-refractivity contribution in [2.75, 3.05) is 12.4 Å². The largest absolute Gasteiger partial charge is 0.461 e. The lowest BCUT2D eigenvalue weighted by atomic mass is 10.2. The van der Waals surface area contributed by atoms with E-state index in [0.717, 1.165) is 11.5 Å². The first kappa shape index (κ1) is 12.8. The van der Waals surface area contributed by atoms with Crippen LogP contribution in [0.3, 0.4) is 0 Å². The van der Waals surface area contributed by atoms with Crippen molar-refractivity contribution in [3.05, 3.63) is 48.0 Å². The van der Waals surface area contributed by atoms with Gasteiger partial charge < -0.3 is 4.74 Å². The summed E-state index contributed by atoms with van der Waals surface area (Å²) in [5.74, 6) is 1.46. The average molecular weight is 236 g/mol. The molecule has 0 saturated heterocycles. The lowest BCUT2D eigenvalue weighted by Crippen LogP contribution is -2.07. The first-order chi connectivity index (χ1) is 7.70. The number of hydrogen-bond acceptors (Lipinski definition) is 3. The molecule has 0 saturated carbocycles. The Morgan fingerprint density at radius 3 is 2.69 bits per heavy atom. The maximum absolute atomic E-state index is 11.0. The summed E-state index contributed by atoms with van der Waals surface area (Å²) in [7, 11) is 0. The van der Waals surface area contributed by atoms with E-state index in [1.807, 2.05) is 18.2 Å². The van der Waals surface area contributed by atoms with Crippen molar-refractivity contribution >= 4 is 17.7 Å². The van der Waals surface area contributed by atoms with E-state index in [4.69, 9.17) is 4.74 Å². The van der Waals surface area contributed by atoms with E-state index in [-0.39, 0.29) is 5.97 Å². The summed E-state index contributed by atoms with van der Waals surface area (Å²) in [5.41, 5.74) is 1.74. The zero-order chi connectivity index (χ0) is 11.8. The molecular weight excluding hydrogens is 220 g/mol. The monoisotopic (exact) mass is 236 g/mol. The Balaban J connectivity index is 2.09. The summed E-state index contributed by atoms with van der Waals surface area (Å²) < 4.78 is 4.98. The van der Waals surface area contributed by atoms with Crippen molar-refractivity contribution < 1.29 is 9.53 Å². The van der Waals surface area contributed by atoms with Crippen molar-refractivity contribution in [1.29, 1.82) is 0 Å². The molecule has 0 aliphatic rings. The number of ether oxygens (including phenoxy) is 1. The van der Waals surface area contributed by atoms with Crippen LogP contribution in [0, 0.1) is 0 Å². The van der Waals surface area contributed by atoms with E-state index in [1.165, 1.54) is 5.56 Å².